The average Bonchev–Trinajstić information content (AvgIpc) is 2.75. The minimum Gasteiger partial charge on any atom is -0.493 e. The lowest BCUT2D eigenvalue weighted by Gasteiger charge is -2.13. The lowest BCUT2D eigenvalue weighted by molar-refractivity contribution is 0.354. The molecular formula is C13H19NO2. The van der Waals surface area contributed by atoms with Crippen LogP contribution in [0.5, 0.6) is 11.5 Å². The summed E-state index contributed by atoms with van der Waals surface area (Å²) in [6.07, 6.45) is 3.38. The second-order valence-corrected chi connectivity index (χ2v) is 4.38. The Bertz CT molecular complexity index is 365. The van der Waals surface area contributed by atoms with Gasteiger partial charge in [0.1, 0.15) is 0 Å². The summed E-state index contributed by atoms with van der Waals surface area (Å²) in [4.78, 5) is 0. The van der Waals surface area contributed by atoms with E-state index >= 15 is 0 Å². The molecule has 0 spiro atoms. The predicted molar refractivity (Wildman–Crippen MR) is 64.1 cm³/mol. The largest absolute Gasteiger partial charge is 0.493 e. The highest BCUT2D eigenvalue weighted by atomic mass is 16.5. The van der Waals surface area contributed by atoms with E-state index in [9.17, 15) is 0 Å². The quantitative estimate of drug-likeness (QED) is 0.851. The van der Waals surface area contributed by atoms with E-state index < -0.39 is 0 Å². The topological polar surface area (TPSA) is 44.5 Å². The Hall–Kier alpha value is -1.22. The van der Waals surface area contributed by atoms with Crippen molar-refractivity contribution in [3.8, 4) is 11.5 Å². The molecule has 1 saturated carbocycles. The number of methoxy groups -OCH3 is 2. The third-order valence-corrected chi connectivity index (χ3v) is 3.35. The highest BCUT2D eigenvalue weighted by Gasteiger charge is 2.23. The van der Waals surface area contributed by atoms with Gasteiger partial charge in [-0.3, -0.25) is 0 Å². The summed E-state index contributed by atoms with van der Waals surface area (Å²) in [5, 5.41) is 0. The fourth-order valence-corrected chi connectivity index (χ4v) is 2.43. The molecule has 2 unspecified atom stereocenters. The molecule has 2 atom stereocenters. The van der Waals surface area contributed by atoms with E-state index in [2.05, 4.69) is 12.1 Å². The molecule has 2 N–H and O–H groups in total. The standard InChI is InChI=1S/C13H19NO2/c1-15-12-6-4-10(8-13(12)16-2)9-3-5-11(14)7-9/h4,6,8-9,11H,3,5,7,14H2,1-2H3. The normalized spacial score (nSPS) is 24.4. The van der Waals surface area contributed by atoms with E-state index in [-0.39, 0.29) is 0 Å². The van der Waals surface area contributed by atoms with E-state index in [1.54, 1.807) is 14.2 Å². The Morgan fingerprint density at radius 1 is 1.12 bits per heavy atom. The lowest BCUT2D eigenvalue weighted by atomic mass is 9.97. The van der Waals surface area contributed by atoms with Crippen LogP contribution in [0.25, 0.3) is 0 Å². The first-order valence-corrected chi connectivity index (χ1v) is 5.72. The molecule has 0 aliphatic heterocycles. The Kier molecular flexibility index (Phi) is 3.34. The summed E-state index contributed by atoms with van der Waals surface area (Å²) < 4.78 is 10.5. The molecule has 88 valence electrons. The molecule has 0 saturated heterocycles. The van der Waals surface area contributed by atoms with Crippen LogP contribution in [0.4, 0.5) is 0 Å². The molecule has 2 rings (SSSR count). The van der Waals surface area contributed by atoms with Crippen molar-refractivity contribution in [1.82, 2.24) is 0 Å². The Morgan fingerprint density at radius 3 is 2.44 bits per heavy atom. The minimum absolute atomic E-state index is 0.359. The second kappa shape index (κ2) is 4.74. The highest BCUT2D eigenvalue weighted by molar-refractivity contribution is 5.44. The van der Waals surface area contributed by atoms with E-state index in [4.69, 9.17) is 15.2 Å². The zero-order chi connectivity index (χ0) is 11.5. The fourth-order valence-electron chi connectivity index (χ4n) is 2.43. The van der Waals surface area contributed by atoms with Crippen LogP contribution in [0.1, 0.15) is 30.7 Å². The monoisotopic (exact) mass is 221 g/mol. The van der Waals surface area contributed by atoms with Crippen LogP contribution in [-0.4, -0.2) is 20.3 Å². The van der Waals surface area contributed by atoms with Gasteiger partial charge in [0.2, 0.25) is 0 Å². The van der Waals surface area contributed by atoms with Crippen LogP contribution >= 0.6 is 0 Å². The van der Waals surface area contributed by atoms with Gasteiger partial charge in [0, 0.05) is 6.04 Å². The van der Waals surface area contributed by atoms with Gasteiger partial charge in [0.25, 0.3) is 0 Å². The highest BCUT2D eigenvalue weighted by Crippen LogP contribution is 2.37. The summed E-state index contributed by atoms with van der Waals surface area (Å²) in [6.45, 7) is 0. The zero-order valence-electron chi connectivity index (χ0n) is 9.90. The van der Waals surface area contributed by atoms with Gasteiger partial charge in [-0.15, -0.1) is 0 Å². The molecule has 0 amide bonds. The van der Waals surface area contributed by atoms with Crippen molar-refractivity contribution in [3.63, 3.8) is 0 Å². The molecule has 3 heteroatoms. The molecule has 1 aliphatic rings. The van der Waals surface area contributed by atoms with E-state index in [1.807, 2.05) is 6.07 Å². The molecule has 1 aliphatic carbocycles. The molecule has 0 radical (unpaired) electrons. The number of hydrogen-bond acceptors (Lipinski definition) is 3. The van der Waals surface area contributed by atoms with Crippen molar-refractivity contribution in [1.29, 1.82) is 0 Å². The lowest BCUT2D eigenvalue weighted by Crippen LogP contribution is -2.14. The number of rotatable bonds is 3. The van der Waals surface area contributed by atoms with Crippen LogP contribution in [0, 0.1) is 0 Å². The van der Waals surface area contributed by atoms with Crippen LogP contribution < -0.4 is 15.2 Å². The molecular weight excluding hydrogens is 202 g/mol. The van der Waals surface area contributed by atoms with E-state index in [0.717, 1.165) is 24.3 Å². The van der Waals surface area contributed by atoms with Crippen molar-refractivity contribution in [2.75, 3.05) is 14.2 Å². The maximum Gasteiger partial charge on any atom is 0.160 e. The van der Waals surface area contributed by atoms with Crippen molar-refractivity contribution >= 4 is 0 Å². The SMILES string of the molecule is COc1ccc(C2CCC(N)C2)cc1OC. The van der Waals surface area contributed by atoms with Gasteiger partial charge >= 0.3 is 0 Å². The molecule has 16 heavy (non-hydrogen) atoms. The number of ether oxygens (including phenoxy) is 2. The van der Waals surface area contributed by atoms with E-state index in [0.29, 0.717) is 12.0 Å². The van der Waals surface area contributed by atoms with Crippen molar-refractivity contribution < 1.29 is 9.47 Å². The molecule has 3 nitrogen and oxygen atoms in total. The smallest absolute Gasteiger partial charge is 0.160 e. The number of nitrogens with two attached hydrogens (primary N) is 1. The molecule has 0 heterocycles. The second-order valence-electron chi connectivity index (χ2n) is 4.38. The first-order valence-electron chi connectivity index (χ1n) is 5.72. The maximum atomic E-state index is 5.93. The molecule has 0 bridgehead atoms. The van der Waals surface area contributed by atoms with Gasteiger partial charge in [-0.05, 0) is 42.9 Å². The van der Waals surface area contributed by atoms with Gasteiger partial charge in [-0.1, -0.05) is 6.07 Å². The average molecular weight is 221 g/mol. The van der Waals surface area contributed by atoms with Crippen molar-refractivity contribution in [3.05, 3.63) is 23.8 Å². The molecule has 0 aromatic heterocycles. The Morgan fingerprint density at radius 2 is 1.88 bits per heavy atom. The molecule has 1 fully saturated rings. The Labute approximate surface area is 96.5 Å². The summed E-state index contributed by atoms with van der Waals surface area (Å²) >= 11 is 0. The third-order valence-electron chi connectivity index (χ3n) is 3.35. The first-order chi connectivity index (χ1) is 7.74. The van der Waals surface area contributed by atoms with Crippen molar-refractivity contribution in [2.24, 2.45) is 5.73 Å². The predicted octanol–water partition coefficient (Wildman–Crippen LogP) is 2.30. The van der Waals surface area contributed by atoms with Crippen LogP contribution in [0.15, 0.2) is 18.2 Å². The van der Waals surface area contributed by atoms with Gasteiger partial charge in [0.15, 0.2) is 11.5 Å². The molecule has 1 aromatic carbocycles. The Balaban J connectivity index is 2.22. The van der Waals surface area contributed by atoms with Crippen LogP contribution in [0.3, 0.4) is 0 Å². The van der Waals surface area contributed by atoms with Crippen LogP contribution in [0.2, 0.25) is 0 Å². The molecule has 1 aromatic rings. The van der Waals surface area contributed by atoms with Gasteiger partial charge in [-0.2, -0.15) is 0 Å². The third kappa shape index (κ3) is 2.14. The zero-order valence-corrected chi connectivity index (χ0v) is 9.90. The van der Waals surface area contributed by atoms with Gasteiger partial charge in [0.05, 0.1) is 14.2 Å². The van der Waals surface area contributed by atoms with Gasteiger partial charge in [-0.25, -0.2) is 0 Å². The van der Waals surface area contributed by atoms with Crippen molar-refractivity contribution in [2.45, 2.75) is 31.2 Å². The number of hydrogen-bond donors (Lipinski definition) is 1. The summed E-state index contributed by atoms with van der Waals surface area (Å²) in [7, 11) is 3.32. The van der Waals surface area contributed by atoms with E-state index in [1.165, 1.54) is 12.0 Å². The van der Waals surface area contributed by atoms with Gasteiger partial charge < -0.3 is 15.2 Å². The fraction of sp³-hybridized carbons (Fsp3) is 0.538. The number of benzene rings is 1. The first kappa shape index (κ1) is 11.3. The van der Waals surface area contributed by atoms with Crippen LogP contribution in [-0.2, 0) is 0 Å². The minimum atomic E-state index is 0.359. The summed E-state index contributed by atoms with van der Waals surface area (Å²) in [5.41, 5.74) is 7.24. The summed E-state index contributed by atoms with van der Waals surface area (Å²) in [5.74, 6) is 2.17. The summed E-state index contributed by atoms with van der Waals surface area (Å²) in [6, 6.07) is 6.52. The maximum absolute atomic E-state index is 5.93.